The van der Waals surface area contributed by atoms with E-state index in [0.717, 1.165) is 35.4 Å². The van der Waals surface area contributed by atoms with Gasteiger partial charge in [0.05, 0.1) is 37.2 Å². The Kier molecular flexibility index (Phi) is 34.7. The van der Waals surface area contributed by atoms with Crippen LogP contribution in [0, 0.1) is 0 Å². The number of nitrogens with one attached hydrogen (secondary N) is 9. The Bertz CT molecular complexity index is 3420. The number of carbonyl (C=O) groups excluding carboxylic acids is 10. The van der Waals surface area contributed by atoms with Gasteiger partial charge < -0.3 is 98.6 Å². The molecule has 3 heterocycles. The monoisotopic (exact) mass is 1500 g/mol. The molecule has 1 aromatic heterocycles. The van der Waals surface area contributed by atoms with Crippen molar-refractivity contribution in [1.82, 2.24) is 67.1 Å². The number of carbonyl (C=O) groups is 12. The van der Waals surface area contributed by atoms with Crippen LogP contribution in [0.15, 0.2) is 85.1 Å². The summed E-state index contributed by atoms with van der Waals surface area (Å²) in [5.74, 6) is -14.6. The van der Waals surface area contributed by atoms with E-state index in [-0.39, 0.29) is 114 Å². The zero-order valence-corrected chi connectivity index (χ0v) is 58.2. The number of nitrogens with two attached hydrogens (primary N) is 1. The van der Waals surface area contributed by atoms with Crippen molar-refractivity contribution in [1.29, 1.82) is 0 Å². The molecule has 0 saturated carbocycles. The largest absolute Gasteiger partial charge is 2.00 e. The Labute approximate surface area is 600 Å². The van der Waals surface area contributed by atoms with Gasteiger partial charge in [-0.1, -0.05) is 82.3 Å². The van der Waals surface area contributed by atoms with Gasteiger partial charge in [-0.05, 0) is 74.5 Å². The molecule has 0 unspecified atom stereocenters. The first kappa shape index (κ1) is 83.2. The molecule has 6 rings (SSSR count). The Morgan fingerprint density at radius 1 is 0.614 bits per heavy atom. The number of rotatable bonds is 26. The van der Waals surface area contributed by atoms with Gasteiger partial charge in [0.25, 0.3) is 0 Å². The average molecular weight is 1500 g/mol. The summed E-state index contributed by atoms with van der Waals surface area (Å²) in [6, 6.07) is 7.81. The van der Waals surface area contributed by atoms with Gasteiger partial charge in [0.2, 0.25) is 47.3 Å². The zero-order valence-electron chi connectivity index (χ0n) is 55.6. The molecule has 33 nitrogen and oxygen atoms in total. The number of unbranched alkanes of at least 4 members (excludes halogenated alkanes) is 1. The summed E-state index contributed by atoms with van der Waals surface area (Å²) in [5, 5.41) is 96.5. The normalized spacial score (nSPS) is 21.7. The molecule has 101 heavy (non-hydrogen) atoms. The van der Waals surface area contributed by atoms with Crippen molar-refractivity contribution >= 4 is 104 Å². The molecular formula is C65H88CuN14O19S2. The van der Waals surface area contributed by atoms with Crippen LogP contribution in [0.4, 0.5) is 0 Å². The molecule has 1 radical (unpaired) electrons. The number of hydrogen-bond donors (Lipinski definition) is 15. The van der Waals surface area contributed by atoms with Crippen LogP contribution >= 0.6 is 21.6 Å². The van der Waals surface area contributed by atoms with Crippen LogP contribution in [0.2, 0.25) is 0 Å². The van der Waals surface area contributed by atoms with Crippen molar-refractivity contribution in [2.45, 2.75) is 113 Å². The van der Waals surface area contributed by atoms with Crippen LogP contribution in [0.3, 0.4) is 0 Å². The molecule has 0 aliphatic carbocycles. The fourth-order valence-electron chi connectivity index (χ4n) is 11.1. The number of aromatic hydroxyl groups is 1. The number of nitrogens with zero attached hydrogens (tertiary/aromatic N) is 4. The van der Waals surface area contributed by atoms with E-state index in [1.54, 1.807) is 65.7 Å². The van der Waals surface area contributed by atoms with E-state index in [4.69, 9.17) is 5.73 Å². The summed E-state index contributed by atoms with van der Waals surface area (Å²) in [5.41, 5.74) is 7.94. The number of H-pyrrole nitrogens is 1. The molecule has 555 valence electrons. The van der Waals surface area contributed by atoms with Crippen molar-refractivity contribution in [3.63, 3.8) is 0 Å². The number of hydrogen-bond acceptors (Lipinski definition) is 24. The van der Waals surface area contributed by atoms with Gasteiger partial charge in [-0.15, -0.1) is 0 Å². The molecule has 8 amide bonds. The van der Waals surface area contributed by atoms with E-state index >= 15 is 14.4 Å². The summed E-state index contributed by atoms with van der Waals surface area (Å²) < 4.78 is 0. The van der Waals surface area contributed by atoms with E-state index in [1.165, 1.54) is 39.0 Å². The van der Waals surface area contributed by atoms with Crippen LogP contribution in [0.5, 0.6) is 5.75 Å². The molecule has 2 aliphatic rings. The first-order valence-electron chi connectivity index (χ1n) is 32.5. The van der Waals surface area contributed by atoms with Gasteiger partial charge in [-0.3, -0.25) is 62.8 Å². The third-order valence-electron chi connectivity index (χ3n) is 16.5. The summed E-state index contributed by atoms with van der Waals surface area (Å²) in [7, 11) is 1.65. The van der Waals surface area contributed by atoms with Gasteiger partial charge in [0.15, 0.2) is 6.04 Å². The first-order chi connectivity index (χ1) is 47.7. The number of carboxylic acid groups (broad SMARTS) is 4. The van der Waals surface area contributed by atoms with Crippen LogP contribution < -0.4 is 58.5 Å². The summed E-state index contributed by atoms with van der Waals surface area (Å²) in [6.07, 6.45) is -1.96. The second kappa shape index (κ2) is 42.1. The van der Waals surface area contributed by atoms with Crippen molar-refractivity contribution in [2.75, 3.05) is 96.6 Å². The van der Waals surface area contributed by atoms with Gasteiger partial charge in [0.1, 0.15) is 48.0 Å². The molecule has 10 atom stereocenters. The van der Waals surface area contributed by atoms with E-state index in [0.29, 0.717) is 34.0 Å². The number of aliphatic carboxylic acids is 4. The van der Waals surface area contributed by atoms with Crippen LogP contribution in [-0.4, -0.2) is 278 Å². The fourth-order valence-corrected chi connectivity index (χ4v) is 13.4. The van der Waals surface area contributed by atoms with Crippen LogP contribution in [0.1, 0.15) is 49.8 Å². The summed E-state index contributed by atoms with van der Waals surface area (Å²) in [4.78, 5) is 175. The van der Waals surface area contributed by atoms with Gasteiger partial charge in [-0.25, -0.2) is 4.79 Å². The molecule has 2 fully saturated rings. The Morgan fingerprint density at radius 2 is 1.15 bits per heavy atom. The number of phenolic OH excluding ortho intramolecular Hbond substituents is 1. The number of fused-ring (bicyclic) bond motifs is 1. The topological polar surface area (TPSA) is 503 Å². The quantitative estimate of drug-likeness (QED) is 0.0158. The molecule has 36 heteroatoms. The molecule has 0 spiro atoms. The molecule has 2 aliphatic heterocycles. The smallest absolute Gasteiger partial charge is 0.549 e. The minimum Gasteiger partial charge on any atom is -0.549 e. The minimum atomic E-state index is -1.91. The molecule has 2 saturated heterocycles. The van der Waals surface area contributed by atoms with Crippen molar-refractivity contribution in [2.24, 2.45) is 5.73 Å². The predicted molar refractivity (Wildman–Crippen MR) is 362 cm³/mol. The number of aromatic amines is 1. The number of phenols is 1. The van der Waals surface area contributed by atoms with Crippen molar-refractivity contribution in [3.05, 3.63) is 102 Å². The van der Waals surface area contributed by atoms with Gasteiger partial charge >= 0.3 is 29.0 Å². The average Bonchev–Trinajstić information content (AvgIpc) is 1.75. The van der Waals surface area contributed by atoms with Crippen molar-refractivity contribution in [3.8, 4) is 5.75 Å². The molecule has 4 aromatic rings. The van der Waals surface area contributed by atoms with Crippen LogP contribution in [0.25, 0.3) is 10.9 Å². The molecule has 3 aromatic carbocycles. The maximum Gasteiger partial charge on any atom is 2.00 e. The maximum absolute atomic E-state index is 15.3. The second-order valence-electron chi connectivity index (χ2n) is 24.4. The maximum atomic E-state index is 15.3. The Hall–Kier alpha value is -8.42. The zero-order chi connectivity index (χ0) is 73.0. The predicted octanol–water partition coefficient (Wildman–Crippen LogP) is -6.05. The molecule has 0 bridgehead atoms. The standard InChI is InChI=1S/C65H90N14O19S2.Cu/c1-38(80)56-64(96)73-51(63(95)75-57(39(2)81)65(97)98)37-100-99-36-50(72-59(91)47(28-40-10-4-3-5-11-40)68-52(83)32-76-20-22-77(33-53(84)85)24-26-79(35-55(88)89)27-25-78(23-21-76)34-54(86)87)62(94)70-48(29-41-15-17-43(82)18-16-41)60(92)71-49(30-42-31-67-45-13-7-6-12-44(42)45)61(93)69-46(58(90)74-56)14-8-9-19-66;/h3-7,10-13,15-18,31,38-39,46-51,56-57,67,80-82H,8-9,14,19-30,32-37,66H2,1-2H3,(H,68,83)(H,69,93)(H,70,94)(H,71,92)(H,72,91)(H,73,96)(H,74,90)(H,75,95)(H,84,85)(H,86,87)(H,88,89)(H,97,98);/q;+2/p-2/t38-,39-,46+,47-,48+,49-,50+,51+,56+,57+;/m1./s1/i;1+0. The number of carboxylic acids is 4. The first-order valence-corrected chi connectivity index (χ1v) is 35.0. The fraction of sp³-hybridized carbons (Fsp3) is 0.508. The SMILES string of the molecule is C[C@@H](O)[C@H](NC(=O)[C@@H]1CSSC[C@H](NC(=O)[C@@H](Cc2ccccc2)NC(=O)CN2CCN(CC(=O)[O-])CCN(CC(=O)[O-])CCN(CC(=O)O)CC2)C(=O)N[C@@H](Cc2ccc(O)cc2)C(=O)N[C@H](Cc2c[nH]c3ccccc23)C(=O)N[C@@H](CCCCN)C(=O)N[C@@H]([C@@H](C)O)C(=O)N1)C(=O)O.[64Cu+2]. The minimum absolute atomic E-state index is 0. The number of benzene rings is 3. The number of para-hydroxylation sites is 1. The number of aromatic nitrogens is 1. The van der Waals surface area contributed by atoms with Gasteiger partial charge in [-0.2, -0.15) is 0 Å². The van der Waals surface area contributed by atoms with Gasteiger partial charge in [0, 0.05) is 113 Å². The Morgan fingerprint density at radius 3 is 1.71 bits per heavy atom. The number of aliphatic hydroxyl groups is 2. The van der Waals surface area contributed by atoms with E-state index in [9.17, 15) is 78.9 Å². The second-order valence-corrected chi connectivity index (χ2v) is 27.0. The van der Waals surface area contributed by atoms with E-state index in [2.05, 4.69) is 47.5 Å². The van der Waals surface area contributed by atoms with E-state index in [1.807, 2.05) is 0 Å². The summed E-state index contributed by atoms with van der Waals surface area (Å²) >= 11 is 0. The number of amides is 8. The van der Waals surface area contributed by atoms with Crippen LogP contribution in [-0.2, 0) is 93.9 Å². The number of aliphatic hydroxyl groups excluding tert-OH is 2. The third-order valence-corrected chi connectivity index (χ3v) is 19.0. The third kappa shape index (κ3) is 28.1. The van der Waals surface area contributed by atoms with Crippen molar-refractivity contribution < 1.29 is 110 Å². The van der Waals surface area contributed by atoms with E-state index < -0.39 is 169 Å². The summed E-state index contributed by atoms with van der Waals surface area (Å²) in [6.45, 7) is 0.689. The molecule has 16 N–H and O–H groups in total. The molecular weight excluding hydrogens is 1410 g/mol. The Balaban J connectivity index is 0.0000184.